The van der Waals surface area contributed by atoms with Crippen LogP contribution in [0.1, 0.15) is 17.0 Å². The van der Waals surface area contributed by atoms with Crippen LogP contribution >= 0.6 is 0 Å². The maximum absolute atomic E-state index is 14.1. The van der Waals surface area contributed by atoms with Crippen LogP contribution in [-0.2, 0) is 0 Å². The van der Waals surface area contributed by atoms with Crippen LogP contribution in [0.3, 0.4) is 0 Å². The molecule has 1 heterocycles. The third-order valence-electron chi connectivity index (χ3n) is 3.39. The highest BCUT2D eigenvalue weighted by molar-refractivity contribution is 6.05. The van der Waals surface area contributed by atoms with Crippen LogP contribution in [0.5, 0.6) is 11.5 Å². The monoisotopic (exact) mass is 281 g/mol. The van der Waals surface area contributed by atoms with Crippen LogP contribution in [0.15, 0.2) is 48.0 Å². The van der Waals surface area contributed by atoms with Gasteiger partial charge in [0.05, 0.1) is 5.92 Å². The number of phenolic OH excluding ortho intramolecular Hbond substituents is 1. The van der Waals surface area contributed by atoms with Gasteiger partial charge in [0, 0.05) is 22.8 Å². The van der Waals surface area contributed by atoms with E-state index < -0.39 is 11.7 Å². The molecule has 2 N–H and O–H groups in total. The lowest BCUT2D eigenvalue weighted by Crippen LogP contribution is -2.24. The fourth-order valence-corrected chi connectivity index (χ4v) is 2.45. The summed E-state index contributed by atoms with van der Waals surface area (Å²) in [6, 6.07) is 10.5. The summed E-state index contributed by atoms with van der Waals surface area (Å²) in [7, 11) is 0. The summed E-state index contributed by atoms with van der Waals surface area (Å²) in [5.74, 6) is 0.661. The van der Waals surface area contributed by atoms with Crippen molar-refractivity contribution < 1.29 is 14.2 Å². The minimum Gasteiger partial charge on any atom is -0.763 e. The Hall–Kier alpha value is -2.91. The molecule has 0 bridgehead atoms. The molecule has 4 nitrogen and oxygen atoms in total. The van der Waals surface area contributed by atoms with E-state index >= 15 is 0 Å². The van der Waals surface area contributed by atoms with Gasteiger partial charge in [0.25, 0.3) is 0 Å². The lowest BCUT2D eigenvalue weighted by molar-refractivity contribution is 0.463. The lowest BCUT2D eigenvalue weighted by Gasteiger charge is -2.29. The molecular formula is C16H10FN2O2-. The number of benzene rings is 2. The number of ether oxygens (including phenoxy) is 1. The molecule has 3 rings (SSSR count). The number of fused-ring (bicyclic) bond motifs is 1. The summed E-state index contributed by atoms with van der Waals surface area (Å²) in [6.45, 7) is 0. The molecule has 0 saturated carbocycles. The van der Waals surface area contributed by atoms with Gasteiger partial charge in [-0.2, -0.15) is 0 Å². The molecule has 1 aliphatic heterocycles. The van der Waals surface area contributed by atoms with Crippen LogP contribution in [0, 0.1) is 11.2 Å². The second kappa shape index (κ2) is 4.89. The molecule has 21 heavy (non-hydrogen) atoms. The highest BCUT2D eigenvalue weighted by Crippen LogP contribution is 2.42. The van der Waals surface area contributed by atoms with Gasteiger partial charge in [-0.05, 0) is 12.1 Å². The van der Waals surface area contributed by atoms with Gasteiger partial charge in [0.2, 0.25) is 5.90 Å². The van der Waals surface area contributed by atoms with E-state index in [4.69, 9.17) is 10.1 Å². The molecule has 1 unspecified atom stereocenters. The predicted molar refractivity (Wildman–Crippen MR) is 76.6 cm³/mol. The molecule has 0 spiro atoms. The van der Waals surface area contributed by atoms with E-state index in [0.29, 0.717) is 11.1 Å². The first-order valence-electron chi connectivity index (χ1n) is 6.23. The Labute approximate surface area is 120 Å². The number of halogens is 1. The van der Waals surface area contributed by atoms with Crippen LogP contribution in [-0.4, -0.2) is 16.9 Å². The van der Waals surface area contributed by atoms with E-state index in [2.05, 4.69) is 0 Å². The maximum Gasteiger partial charge on any atom is 0.222 e. The number of hydrogen-bond acceptors (Lipinski definition) is 3. The topological polar surface area (TPSA) is 75.6 Å². The smallest absolute Gasteiger partial charge is 0.222 e. The first kappa shape index (κ1) is 13.1. The van der Waals surface area contributed by atoms with Gasteiger partial charge in [-0.15, -0.1) is 0 Å². The van der Waals surface area contributed by atoms with Crippen molar-refractivity contribution >= 4 is 11.8 Å². The predicted octanol–water partition coefficient (Wildman–Crippen LogP) is 3.20. The molecule has 0 fully saturated rings. The Morgan fingerprint density at radius 1 is 1.19 bits per heavy atom. The zero-order chi connectivity index (χ0) is 15.0. The van der Waals surface area contributed by atoms with Gasteiger partial charge in [-0.1, -0.05) is 24.3 Å². The second-order valence-corrected chi connectivity index (χ2v) is 4.63. The minimum atomic E-state index is -0.715. The Bertz CT molecular complexity index is 795. The highest BCUT2D eigenvalue weighted by atomic mass is 19.1. The number of nitrogens with zero attached hydrogens (tertiary/aromatic N) is 1. The van der Waals surface area contributed by atoms with Crippen LogP contribution in [0.2, 0.25) is 0 Å². The van der Waals surface area contributed by atoms with Crippen molar-refractivity contribution in [1.82, 2.24) is 0 Å². The van der Waals surface area contributed by atoms with Crippen molar-refractivity contribution in [2.24, 2.45) is 0 Å². The van der Waals surface area contributed by atoms with E-state index in [1.54, 1.807) is 24.3 Å². The summed E-state index contributed by atoms with van der Waals surface area (Å²) < 4.78 is 19.3. The van der Waals surface area contributed by atoms with Crippen LogP contribution in [0.25, 0.3) is 5.41 Å². The highest BCUT2D eigenvalue weighted by Gasteiger charge is 2.32. The van der Waals surface area contributed by atoms with Crippen molar-refractivity contribution in [3.8, 4) is 11.5 Å². The first-order valence-corrected chi connectivity index (χ1v) is 6.23. The Morgan fingerprint density at radius 3 is 2.67 bits per heavy atom. The summed E-state index contributed by atoms with van der Waals surface area (Å²) in [6.07, 6.45) is 0. The number of phenols is 1. The average molecular weight is 281 g/mol. The largest absolute Gasteiger partial charge is 0.763 e. The van der Waals surface area contributed by atoms with E-state index in [0.717, 1.165) is 0 Å². The zero-order valence-corrected chi connectivity index (χ0v) is 10.8. The number of rotatable bonds is 1. The SMILES string of the molecule is [N-]=C=C1C(=N)Oc2cc(O)ccc2C1c1ccccc1F. The van der Waals surface area contributed by atoms with Crippen molar-refractivity contribution in [1.29, 1.82) is 5.41 Å². The van der Waals surface area contributed by atoms with Crippen LogP contribution in [0.4, 0.5) is 4.39 Å². The van der Waals surface area contributed by atoms with Gasteiger partial charge >= 0.3 is 0 Å². The van der Waals surface area contributed by atoms with E-state index in [1.807, 2.05) is 5.87 Å². The molecule has 0 radical (unpaired) electrons. The molecular weight excluding hydrogens is 271 g/mol. The van der Waals surface area contributed by atoms with Gasteiger partial charge < -0.3 is 15.3 Å². The summed E-state index contributed by atoms with van der Waals surface area (Å²) >= 11 is 0. The molecule has 1 atom stereocenters. The van der Waals surface area contributed by atoms with E-state index in [-0.39, 0.29) is 23.0 Å². The second-order valence-electron chi connectivity index (χ2n) is 4.63. The molecule has 2 aromatic carbocycles. The third kappa shape index (κ3) is 2.10. The normalized spacial score (nSPS) is 16.9. The lowest BCUT2D eigenvalue weighted by atomic mass is 9.83. The van der Waals surface area contributed by atoms with Gasteiger partial charge in [-0.25, -0.2) is 4.39 Å². The number of hydrogen-bond donors (Lipinski definition) is 2. The van der Waals surface area contributed by atoms with Crippen molar-refractivity contribution in [3.05, 3.63) is 70.4 Å². The Morgan fingerprint density at radius 2 is 1.95 bits per heavy atom. The third-order valence-corrected chi connectivity index (χ3v) is 3.39. The Balaban J connectivity index is 2.28. The fourth-order valence-electron chi connectivity index (χ4n) is 2.45. The van der Waals surface area contributed by atoms with Gasteiger partial charge in [0.1, 0.15) is 17.3 Å². The average Bonchev–Trinajstić information content (AvgIpc) is 2.46. The molecule has 1 aliphatic rings. The summed E-state index contributed by atoms with van der Waals surface area (Å²) in [4.78, 5) is 0. The van der Waals surface area contributed by atoms with Crippen LogP contribution < -0.4 is 4.74 Å². The molecule has 0 aromatic heterocycles. The number of aromatic hydroxyl groups is 1. The van der Waals surface area contributed by atoms with Crippen molar-refractivity contribution in [2.45, 2.75) is 5.92 Å². The maximum atomic E-state index is 14.1. The molecule has 104 valence electrons. The quantitative estimate of drug-likeness (QED) is 0.787. The van der Waals surface area contributed by atoms with Gasteiger partial charge in [0.15, 0.2) is 0 Å². The molecule has 0 saturated heterocycles. The molecule has 0 amide bonds. The zero-order valence-electron chi connectivity index (χ0n) is 10.8. The van der Waals surface area contributed by atoms with Crippen molar-refractivity contribution in [3.63, 3.8) is 0 Å². The van der Waals surface area contributed by atoms with E-state index in [9.17, 15) is 14.9 Å². The summed E-state index contributed by atoms with van der Waals surface area (Å²) in [5, 5.41) is 26.6. The minimum absolute atomic E-state index is 0.0192. The summed E-state index contributed by atoms with van der Waals surface area (Å²) in [5.41, 5.74) is 0.887. The molecule has 5 heteroatoms. The van der Waals surface area contributed by atoms with Gasteiger partial charge in [-0.3, -0.25) is 11.3 Å². The fraction of sp³-hybridized carbons (Fsp3) is 0.0625. The van der Waals surface area contributed by atoms with E-state index in [1.165, 1.54) is 18.2 Å². The molecule has 2 aromatic rings. The first-order chi connectivity index (χ1) is 10.1. The molecule has 0 aliphatic carbocycles. The number of nitrogens with one attached hydrogen (secondary N) is 1. The Kier molecular flexibility index (Phi) is 3.05. The standard InChI is InChI=1S/C16H10FN2O2/c17-13-4-2-1-3-10(13)15-11-6-5-9(20)7-14(11)21-16(19)12(15)8-18/h1-7,15,19-20H/q-1. The van der Waals surface area contributed by atoms with Crippen molar-refractivity contribution in [2.75, 3.05) is 0 Å².